The molecule has 1 N–H and O–H groups in total. The number of amides is 1. The minimum absolute atomic E-state index is 0.0568. The number of carbonyl (C=O) groups excluding carboxylic acids is 1. The van der Waals surface area contributed by atoms with E-state index in [0.717, 1.165) is 0 Å². The van der Waals surface area contributed by atoms with Gasteiger partial charge in [-0.3, -0.25) is 9.18 Å². The normalized spacial score (nSPS) is 12.6. The Hall–Kier alpha value is -0.640. The van der Waals surface area contributed by atoms with Crippen molar-refractivity contribution in [3.05, 3.63) is 0 Å². The number of rotatable bonds is 6. The van der Waals surface area contributed by atoms with E-state index in [1.54, 1.807) is 18.9 Å². The molecule has 0 saturated heterocycles. The van der Waals surface area contributed by atoms with Gasteiger partial charge in [-0.1, -0.05) is 0 Å². The Kier molecular flexibility index (Phi) is 6.49. The Morgan fingerprint density at radius 3 is 2.69 bits per heavy atom. The summed E-state index contributed by atoms with van der Waals surface area (Å²) in [5.41, 5.74) is 0. The molecule has 0 fully saturated rings. The molecule has 0 heterocycles. The van der Waals surface area contributed by atoms with Crippen molar-refractivity contribution in [1.82, 2.24) is 10.2 Å². The van der Waals surface area contributed by atoms with Crippen LogP contribution >= 0.6 is 0 Å². The first-order chi connectivity index (χ1) is 6.13. The van der Waals surface area contributed by atoms with Crippen molar-refractivity contribution in [3.8, 4) is 0 Å². The molecule has 13 heavy (non-hydrogen) atoms. The van der Waals surface area contributed by atoms with E-state index < -0.39 is 0 Å². The predicted molar refractivity (Wildman–Crippen MR) is 51.4 cm³/mol. The predicted octanol–water partition coefficient (Wildman–Crippen LogP) is 0.802. The summed E-state index contributed by atoms with van der Waals surface area (Å²) in [5.74, 6) is 0.0568. The van der Waals surface area contributed by atoms with Gasteiger partial charge in [0.05, 0.1) is 12.7 Å². The fourth-order valence-corrected chi connectivity index (χ4v) is 0.959. The van der Waals surface area contributed by atoms with Crippen molar-refractivity contribution in [2.75, 3.05) is 26.8 Å². The maximum atomic E-state index is 11.7. The van der Waals surface area contributed by atoms with Crippen LogP contribution in [0.2, 0.25) is 0 Å². The monoisotopic (exact) mass is 190 g/mol. The lowest BCUT2D eigenvalue weighted by Gasteiger charge is -2.20. The summed E-state index contributed by atoms with van der Waals surface area (Å²) in [6.45, 7) is 4.64. The fourth-order valence-electron chi connectivity index (χ4n) is 0.959. The van der Waals surface area contributed by atoms with E-state index in [1.165, 1.54) is 0 Å². The van der Waals surface area contributed by atoms with Gasteiger partial charge in [-0.25, -0.2) is 0 Å². The molecule has 1 unspecified atom stereocenters. The first kappa shape index (κ1) is 12.4. The van der Waals surface area contributed by atoms with Crippen molar-refractivity contribution in [3.63, 3.8) is 0 Å². The summed E-state index contributed by atoms with van der Waals surface area (Å²) in [4.78, 5) is 13.1. The number of alkyl halides is 1. The molecule has 3 nitrogen and oxygen atoms in total. The van der Waals surface area contributed by atoms with Crippen LogP contribution in [0.3, 0.4) is 0 Å². The highest BCUT2D eigenvalue weighted by Crippen LogP contribution is 1.91. The second-order valence-corrected chi connectivity index (χ2v) is 3.07. The molecule has 0 aliphatic rings. The second kappa shape index (κ2) is 6.83. The van der Waals surface area contributed by atoms with E-state index in [0.29, 0.717) is 19.5 Å². The van der Waals surface area contributed by atoms with Crippen LogP contribution in [-0.4, -0.2) is 43.7 Å². The minimum Gasteiger partial charge on any atom is -0.345 e. The van der Waals surface area contributed by atoms with Gasteiger partial charge in [0.1, 0.15) is 0 Å². The van der Waals surface area contributed by atoms with Gasteiger partial charge in [0.25, 0.3) is 0 Å². The molecule has 0 saturated carbocycles. The molecule has 0 aromatic heterocycles. The quantitative estimate of drug-likeness (QED) is 0.628. The molecule has 1 atom stereocenters. The third-order valence-corrected chi connectivity index (χ3v) is 1.98. The molecular weight excluding hydrogens is 171 g/mol. The number of hydrogen-bond donors (Lipinski definition) is 1. The number of halogens is 1. The Balaban J connectivity index is 3.69. The molecule has 0 spiro atoms. The molecule has 0 aliphatic carbocycles. The van der Waals surface area contributed by atoms with Crippen molar-refractivity contribution in [2.45, 2.75) is 26.3 Å². The second-order valence-electron chi connectivity index (χ2n) is 3.07. The first-order valence-electron chi connectivity index (χ1n) is 4.67. The molecule has 78 valence electrons. The number of likely N-dealkylation sites (N-methyl/N-ethyl adjacent to an activating group) is 1. The van der Waals surface area contributed by atoms with E-state index in [1.807, 2.05) is 6.92 Å². The zero-order valence-corrected chi connectivity index (χ0v) is 8.64. The summed E-state index contributed by atoms with van der Waals surface area (Å²) >= 11 is 0. The molecule has 0 radical (unpaired) electrons. The average Bonchev–Trinajstić information content (AvgIpc) is 2.15. The van der Waals surface area contributed by atoms with E-state index in [9.17, 15) is 9.18 Å². The van der Waals surface area contributed by atoms with Gasteiger partial charge in [-0.05, 0) is 26.8 Å². The highest BCUT2D eigenvalue weighted by atomic mass is 19.1. The maximum absolute atomic E-state index is 11.7. The maximum Gasteiger partial charge on any atom is 0.239 e. The molecule has 1 amide bonds. The summed E-state index contributed by atoms with van der Waals surface area (Å²) < 4.78 is 11.7. The topological polar surface area (TPSA) is 32.3 Å². The Morgan fingerprint density at radius 2 is 2.23 bits per heavy atom. The van der Waals surface area contributed by atoms with Gasteiger partial charge in [-0.15, -0.1) is 0 Å². The molecule has 0 bridgehead atoms. The summed E-state index contributed by atoms with van der Waals surface area (Å²) in [6, 6.07) is -0.212. The molecule has 0 rings (SSSR count). The fraction of sp³-hybridized carbons (Fsp3) is 0.889. The lowest BCUT2D eigenvalue weighted by molar-refractivity contribution is -0.131. The van der Waals surface area contributed by atoms with Crippen LogP contribution in [0, 0.1) is 0 Å². The highest BCUT2D eigenvalue weighted by Gasteiger charge is 2.14. The average molecular weight is 190 g/mol. The standard InChI is InChI=1S/C9H19FN2O/c1-4-12(3)9(13)8(2)11-7-5-6-10/h8,11H,4-7H2,1-3H3. The largest absolute Gasteiger partial charge is 0.345 e. The highest BCUT2D eigenvalue weighted by molar-refractivity contribution is 5.81. The van der Waals surface area contributed by atoms with Crippen LogP contribution in [-0.2, 0) is 4.79 Å². The lowest BCUT2D eigenvalue weighted by Crippen LogP contribution is -2.43. The van der Waals surface area contributed by atoms with Crippen LogP contribution in [0.15, 0.2) is 0 Å². The van der Waals surface area contributed by atoms with Gasteiger partial charge in [-0.2, -0.15) is 0 Å². The zero-order valence-electron chi connectivity index (χ0n) is 8.64. The van der Waals surface area contributed by atoms with Gasteiger partial charge >= 0.3 is 0 Å². The van der Waals surface area contributed by atoms with Crippen LogP contribution in [0.1, 0.15) is 20.3 Å². The molecule has 0 aromatic rings. The van der Waals surface area contributed by atoms with E-state index in [2.05, 4.69) is 5.32 Å². The summed E-state index contributed by atoms with van der Waals surface area (Å²) in [6.07, 6.45) is 0.466. The van der Waals surface area contributed by atoms with Crippen LogP contribution in [0.25, 0.3) is 0 Å². The van der Waals surface area contributed by atoms with Crippen molar-refractivity contribution in [2.24, 2.45) is 0 Å². The summed E-state index contributed by atoms with van der Waals surface area (Å²) in [7, 11) is 1.76. The van der Waals surface area contributed by atoms with Crippen LogP contribution in [0.4, 0.5) is 4.39 Å². The Morgan fingerprint density at radius 1 is 1.62 bits per heavy atom. The van der Waals surface area contributed by atoms with Crippen molar-refractivity contribution >= 4 is 5.91 Å². The SMILES string of the molecule is CCN(C)C(=O)C(C)NCCCF. The zero-order chi connectivity index (χ0) is 10.3. The Bertz CT molecular complexity index is 153. The smallest absolute Gasteiger partial charge is 0.239 e. The van der Waals surface area contributed by atoms with Crippen molar-refractivity contribution in [1.29, 1.82) is 0 Å². The summed E-state index contributed by atoms with van der Waals surface area (Å²) in [5, 5.41) is 2.97. The van der Waals surface area contributed by atoms with Gasteiger partial charge in [0, 0.05) is 13.6 Å². The molecular formula is C9H19FN2O. The van der Waals surface area contributed by atoms with Gasteiger partial charge < -0.3 is 10.2 Å². The van der Waals surface area contributed by atoms with E-state index in [4.69, 9.17) is 0 Å². The minimum atomic E-state index is -0.336. The number of carbonyl (C=O) groups is 1. The molecule has 4 heteroatoms. The van der Waals surface area contributed by atoms with Crippen LogP contribution in [0.5, 0.6) is 0 Å². The van der Waals surface area contributed by atoms with Crippen molar-refractivity contribution < 1.29 is 9.18 Å². The number of hydrogen-bond acceptors (Lipinski definition) is 2. The Labute approximate surface area is 79.3 Å². The third-order valence-electron chi connectivity index (χ3n) is 1.98. The third kappa shape index (κ3) is 4.83. The number of nitrogens with one attached hydrogen (secondary N) is 1. The first-order valence-corrected chi connectivity index (χ1v) is 4.67. The van der Waals surface area contributed by atoms with Gasteiger partial charge in [0.2, 0.25) is 5.91 Å². The van der Waals surface area contributed by atoms with Crippen LogP contribution < -0.4 is 5.32 Å². The van der Waals surface area contributed by atoms with E-state index in [-0.39, 0.29) is 18.6 Å². The molecule has 0 aromatic carbocycles. The van der Waals surface area contributed by atoms with Gasteiger partial charge in [0.15, 0.2) is 0 Å². The number of nitrogens with zero attached hydrogens (tertiary/aromatic N) is 1. The lowest BCUT2D eigenvalue weighted by atomic mass is 10.3. The van der Waals surface area contributed by atoms with E-state index >= 15 is 0 Å². The molecule has 0 aliphatic heterocycles.